The van der Waals surface area contributed by atoms with E-state index in [9.17, 15) is 4.79 Å². The van der Waals surface area contributed by atoms with E-state index >= 15 is 0 Å². The summed E-state index contributed by atoms with van der Waals surface area (Å²) in [5.41, 5.74) is 2.58. The molecule has 0 radical (unpaired) electrons. The molecule has 23 heavy (non-hydrogen) atoms. The lowest BCUT2D eigenvalue weighted by molar-refractivity contribution is 0.0937. The fourth-order valence-electron chi connectivity index (χ4n) is 2.18. The highest BCUT2D eigenvalue weighted by Gasteiger charge is 2.11. The Labute approximate surface area is 137 Å². The van der Waals surface area contributed by atoms with Crippen LogP contribution in [0.3, 0.4) is 0 Å². The second kappa shape index (κ2) is 7.22. The van der Waals surface area contributed by atoms with Gasteiger partial charge in [0.05, 0.1) is 0 Å². The number of nitrogens with one attached hydrogen (secondary N) is 2. The van der Waals surface area contributed by atoms with Gasteiger partial charge in [-0.3, -0.25) is 4.79 Å². The first-order chi connectivity index (χ1) is 10.8. The maximum atomic E-state index is 12.1. The van der Waals surface area contributed by atoms with E-state index in [2.05, 4.69) is 46.6 Å². The van der Waals surface area contributed by atoms with Crippen LogP contribution in [0.2, 0.25) is 0 Å². The Morgan fingerprint density at radius 1 is 1.04 bits per heavy atom. The molecule has 0 bridgehead atoms. The van der Waals surface area contributed by atoms with E-state index in [0.29, 0.717) is 23.3 Å². The average molecular weight is 312 g/mol. The second-order valence-electron chi connectivity index (χ2n) is 6.22. The van der Waals surface area contributed by atoms with Crippen LogP contribution in [-0.2, 0) is 0 Å². The molecule has 2 rings (SSSR count). The Kier molecular flexibility index (Phi) is 5.32. The third-order valence-electron chi connectivity index (χ3n) is 3.34. The van der Waals surface area contributed by atoms with Crippen molar-refractivity contribution in [2.75, 3.05) is 5.32 Å². The maximum absolute atomic E-state index is 12.1. The van der Waals surface area contributed by atoms with E-state index in [-0.39, 0.29) is 11.9 Å². The van der Waals surface area contributed by atoms with Crippen LogP contribution >= 0.6 is 0 Å². The number of anilines is 2. The first kappa shape index (κ1) is 16.9. The van der Waals surface area contributed by atoms with E-state index in [1.165, 1.54) is 5.56 Å². The maximum Gasteiger partial charge on any atom is 0.270 e. The van der Waals surface area contributed by atoms with Gasteiger partial charge in [-0.05, 0) is 44.4 Å². The molecule has 0 saturated carbocycles. The average Bonchev–Trinajstić information content (AvgIpc) is 2.46. The van der Waals surface area contributed by atoms with Gasteiger partial charge in [-0.1, -0.05) is 26.0 Å². The Hall–Kier alpha value is -2.43. The summed E-state index contributed by atoms with van der Waals surface area (Å²) in [7, 11) is 0. The summed E-state index contributed by atoms with van der Waals surface area (Å²) in [5.74, 6) is 1.48. The van der Waals surface area contributed by atoms with Gasteiger partial charge in [0.15, 0.2) is 0 Å². The minimum atomic E-state index is -0.191. The number of benzene rings is 1. The van der Waals surface area contributed by atoms with Gasteiger partial charge in [0.1, 0.15) is 17.3 Å². The molecule has 5 heteroatoms. The summed E-state index contributed by atoms with van der Waals surface area (Å²) in [6.45, 7) is 9.94. The van der Waals surface area contributed by atoms with E-state index in [1.54, 1.807) is 13.0 Å². The molecule has 0 spiro atoms. The Morgan fingerprint density at radius 3 is 2.26 bits per heavy atom. The molecule has 0 fully saturated rings. The normalized spacial score (nSPS) is 10.9. The van der Waals surface area contributed by atoms with Crippen molar-refractivity contribution in [1.29, 1.82) is 0 Å². The van der Waals surface area contributed by atoms with Crippen molar-refractivity contribution in [3.8, 4) is 0 Å². The summed E-state index contributed by atoms with van der Waals surface area (Å²) in [5, 5.41) is 6.07. The van der Waals surface area contributed by atoms with Crippen LogP contribution in [-0.4, -0.2) is 21.9 Å². The van der Waals surface area contributed by atoms with Crippen molar-refractivity contribution in [3.63, 3.8) is 0 Å². The molecule has 0 aliphatic rings. The highest BCUT2D eigenvalue weighted by Crippen LogP contribution is 2.20. The van der Waals surface area contributed by atoms with Gasteiger partial charge >= 0.3 is 0 Å². The molecule has 1 aromatic carbocycles. The largest absolute Gasteiger partial charge is 0.349 e. The summed E-state index contributed by atoms with van der Waals surface area (Å²) < 4.78 is 0. The monoisotopic (exact) mass is 312 g/mol. The van der Waals surface area contributed by atoms with E-state index in [0.717, 1.165) is 5.69 Å². The van der Waals surface area contributed by atoms with Gasteiger partial charge in [0.25, 0.3) is 5.91 Å². The molecule has 0 aliphatic carbocycles. The van der Waals surface area contributed by atoms with Gasteiger partial charge in [0.2, 0.25) is 0 Å². The summed E-state index contributed by atoms with van der Waals surface area (Å²) >= 11 is 0. The highest BCUT2D eigenvalue weighted by molar-refractivity contribution is 5.93. The van der Waals surface area contributed by atoms with Crippen LogP contribution in [0.1, 0.15) is 55.5 Å². The Morgan fingerprint density at radius 2 is 1.70 bits per heavy atom. The highest BCUT2D eigenvalue weighted by atomic mass is 16.1. The molecule has 0 unspecified atom stereocenters. The van der Waals surface area contributed by atoms with Crippen molar-refractivity contribution in [2.45, 2.75) is 46.6 Å². The smallest absolute Gasteiger partial charge is 0.270 e. The number of hydrogen-bond acceptors (Lipinski definition) is 4. The molecular weight excluding hydrogens is 288 g/mol. The van der Waals surface area contributed by atoms with Gasteiger partial charge in [-0.15, -0.1) is 0 Å². The molecule has 1 amide bonds. The van der Waals surface area contributed by atoms with Gasteiger partial charge in [0, 0.05) is 17.8 Å². The van der Waals surface area contributed by atoms with Crippen molar-refractivity contribution in [1.82, 2.24) is 15.3 Å². The van der Waals surface area contributed by atoms with Crippen molar-refractivity contribution < 1.29 is 4.79 Å². The number of amides is 1. The van der Waals surface area contributed by atoms with Crippen molar-refractivity contribution >= 4 is 17.4 Å². The number of hydrogen-bond donors (Lipinski definition) is 2. The fraction of sp³-hybridized carbons (Fsp3) is 0.389. The lowest BCUT2D eigenvalue weighted by Gasteiger charge is -2.11. The van der Waals surface area contributed by atoms with Gasteiger partial charge in [-0.25, -0.2) is 9.97 Å². The number of nitrogens with zero attached hydrogens (tertiary/aromatic N) is 2. The minimum Gasteiger partial charge on any atom is -0.349 e. The zero-order valence-corrected chi connectivity index (χ0v) is 14.3. The quantitative estimate of drug-likeness (QED) is 0.881. The molecule has 0 atom stereocenters. The van der Waals surface area contributed by atoms with Gasteiger partial charge in [-0.2, -0.15) is 0 Å². The van der Waals surface area contributed by atoms with Gasteiger partial charge < -0.3 is 10.6 Å². The zero-order valence-electron chi connectivity index (χ0n) is 14.3. The van der Waals surface area contributed by atoms with Crippen LogP contribution in [0.4, 0.5) is 11.5 Å². The lowest BCUT2D eigenvalue weighted by atomic mass is 10.0. The first-order valence-corrected chi connectivity index (χ1v) is 7.88. The number of aryl methyl sites for hydroxylation is 1. The zero-order chi connectivity index (χ0) is 17.0. The molecule has 0 saturated heterocycles. The third kappa shape index (κ3) is 4.77. The molecule has 5 nitrogen and oxygen atoms in total. The predicted molar refractivity (Wildman–Crippen MR) is 93.2 cm³/mol. The SMILES string of the molecule is Cc1nc(Nc2ccc(C(C)C)cc2)cc(C(=O)NC(C)C)n1. The predicted octanol–water partition coefficient (Wildman–Crippen LogP) is 3.79. The molecule has 2 N–H and O–H groups in total. The molecule has 0 aliphatic heterocycles. The Bertz CT molecular complexity index is 678. The molecule has 122 valence electrons. The van der Waals surface area contributed by atoms with Crippen molar-refractivity contribution in [3.05, 3.63) is 47.4 Å². The molecule has 1 aromatic heterocycles. The number of carbonyl (C=O) groups excluding carboxylic acids is 1. The summed E-state index contributed by atoms with van der Waals surface area (Å²) in [4.78, 5) is 20.7. The van der Waals surface area contributed by atoms with Crippen LogP contribution < -0.4 is 10.6 Å². The summed E-state index contributed by atoms with van der Waals surface area (Å²) in [6.07, 6.45) is 0. The molecule has 1 heterocycles. The van der Waals surface area contributed by atoms with E-state index < -0.39 is 0 Å². The number of carbonyl (C=O) groups is 1. The lowest BCUT2D eigenvalue weighted by Crippen LogP contribution is -2.31. The van der Waals surface area contributed by atoms with E-state index in [1.807, 2.05) is 26.0 Å². The minimum absolute atomic E-state index is 0.0674. The van der Waals surface area contributed by atoms with Crippen LogP contribution in [0, 0.1) is 6.92 Å². The first-order valence-electron chi connectivity index (χ1n) is 7.88. The van der Waals surface area contributed by atoms with Crippen LogP contribution in [0.15, 0.2) is 30.3 Å². The molecule has 2 aromatic rings. The Balaban J connectivity index is 2.19. The van der Waals surface area contributed by atoms with Crippen molar-refractivity contribution in [2.24, 2.45) is 0 Å². The third-order valence-corrected chi connectivity index (χ3v) is 3.34. The fourth-order valence-corrected chi connectivity index (χ4v) is 2.18. The van der Waals surface area contributed by atoms with E-state index in [4.69, 9.17) is 0 Å². The topological polar surface area (TPSA) is 66.9 Å². The van der Waals surface area contributed by atoms with Crippen LogP contribution in [0.5, 0.6) is 0 Å². The van der Waals surface area contributed by atoms with Crippen LogP contribution in [0.25, 0.3) is 0 Å². The standard InChI is InChI=1S/C18H24N4O/c1-11(2)14-6-8-15(9-7-14)22-17-10-16(20-13(5)21-17)18(23)19-12(3)4/h6-12H,1-5H3,(H,19,23)(H,20,21,22). The summed E-state index contributed by atoms with van der Waals surface area (Å²) in [6, 6.07) is 9.95. The molecular formula is C18H24N4O. The number of rotatable bonds is 5. The number of aromatic nitrogens is 2. The second-order valence-corrected chi connectivity index (χ2v) is 6.22.